The zero-order valence-corrected chi connectivity index (χ0v) is 13.7. The van der Waals surface area contributed by atoms with Crippen molar-refractivity contribution in [3.8, 4) is 5.75 Å². The summed E-state index contributed by atoms with van der Waals surface area (Å²) in [4.78, 5) is 11.8. The Hall–Kier alpha value is -2.40. The van der Waals surface area contributed by atoms with Gasteiger partial charge in [-0.3, -0.25) is 4.79 Å². The summed E-state index contributed by atoms with van der Waals surface area (Å²) in [6.45, 7) is 0.529. The Morgan fingerprint density at radius 1 is 1.25 bits per heavy atom. The van der Waals surface area contributed by atoms with E-state index >= 15 is 0 Å². The van der Waals surface area contributed by atoms with E-state index in [4.69, 9.17) is 4.74 Å². The Labute approximate surface area is 141 Å². The van der Waals surface area contributed by atoms with Gasteiger partial charge in [0.05, 0.1) is 19.6 Å². The van der Waals surface area contributed by atoms with E-state index in [1.165, 1.54) is 23.8 Å². The molecule has 0 spiro atoms. The number of hydrogen-bond donors (Lipinski definition) is 2. The molecule has 4 nitrogen and oxygen atoms in total. The van der Waals surface area contributed by atoms with Crippen LogP contribution in [0, 0.1) is 5.82 Å². The molecule has 0 bridgehead atoms. The van der Waals surface area contributed by atoms with Crippen molar-refractivity contribution in [1.82, 2.24) is 5.32 Å². The van der Waals surface area contributed by atoms with E-state index in [1.807, 2.05) is 24.3 Å². The molecule has 2 rings (SSSR count). The molecule has 0 saturated heterocycles. The molecule has 0 radical (unpaired) electrons. The highest BCUT2D eigenvalue weighted by atomic mass is 19.1. The molecule has 0 saturated carbocycles. The maximum Gasteiger partial charge on any atom is 0.222 e. The first-order chi connectivity index (χ1) is 11.6. The molecule has 128 valence electrons. The molecule has 1 atom stereocenters. The van der Waals surface area contributed by atoms with Crippen molar-refractivity contribution < 1.29 is 19.0 Å². The number of nitrogens with one attached hydrogen (secondary N) is 1. The molecule has 0 fully saturated rings. The Morgan fingerprint density at radius 3 is 2.67 bits per heavy atom. The van der Waals surface area contributed by atoms with Crippen molar-refractivity contribution in [2.75, 3.05) is 13.7 Å². The minimum Gasteiger partial charge on any atom is -0.497 e. The quantitative estimate of drug-likeness (QED) is 0.731. The van der Waals surface area contributed by atoms with Gasteiger partial charge in [0.2, 0.25) is 5.91 Å². The molecule has 1 amide bonds. The predicted octanol–water partition coefficient (Wildman–Crippen LogP) is 3.01. The third-order valence-corrected chi connectivity index (χ3v) is 3.74. The second kappa shape index (κ2) is 9.03. The molecular weight excluding hydrogens is 309 g/mol. The van der Waals surface area contributed by atoms with Crippen LogP contribution >= 0.6 is 0 Å². The summed E-state index contributed by atoms with van der Waals surface area (Å²) in [5.74, 6) is 0.145. The van der Waals surface area contributed by atoms with Gasteiger partial charge < -0.3 is 15.2 Å². The molecule has 0 aromatic heterocycles. The zero-order valence-electron chi connectivity index (χ0n) is 13.7. The molecule has 24 heavy (non-hydrogen) atoms. The number of amides is 1. The van der Waals surface area contributed by atoms with Gasteiger partial charge in [0.1, 0.15) is 11.6 Å². The fourth-order valence-corrected chi connectivity index (χ4v) is 2.39. The van der Waals surface area contributed by atoms with Crippen molar-refractivity contribution in [2.45, 2.75) is 25.4 Å². The highest BCUT2D eigenvalue weighted by Crippen LogP contribution is 2.17. The first-order valence-electron chi connectivity index (χ1n) is 7.91. The lowest BCUT2D eigenvalue weighted by Crippen LogP contribution is -2.26. The fourth-order valence-electron chi connectivity index (χ4n) is 2.39. The van der Waals surface area contributed by atoms with E-state index in [9.17, 15) is 14.3 Å². The highest BCUT2D eigenvalue weighted by molar-refractivity contribution is 5.76. The zero-order chi connectivity index (χ0) is 17.4. The van der Waals surface area contributed by atoms with Crippen LogP contribution in [0.3, 0.4) is 0 Å². The van der Waals surface area contributed by atoms with Gasteiger partial charge in [-0.15, -0.1) is 0 Å². The number of aliphatic hydroxyl groups excluding tert-OH is 1. The summed E-state index contributed by atoms with van der Waals surface area (Å²) in [6.07, 6.45) is 0.568. The molecule has 0 aliphatic heterocycles. The lowest BCUT2D eigenvalue weighted by molar-refractivity contribution is -0.123. The number of aliphatic hydroxyl groups is 1. The summed E-state index contributed by atoms with van der Waals surface area (Å²) in [7, 11) is 1.63. The van der Waals surface area contributed by atoms with Crippen molar-refractivity contribution in [3.63, 3.8) is 0 Å². The summed E-state index contributed by atoms with van der Waals surface area (Å²) in [5.41, 5.74) is 1.58. The number of benzene rings is 2. The van der Waals surface area contributed by atoms with E-state index in [-0.39, 0.29) is 12.3 Å². The van der Waals surface area contributed by atoms with Crippen molar-refractivity contribution in [3.05, 3.63) is 65.5 Å². The van der Waals surface area contributed by atoms with Crippen molar-refractivity contribution >= 4 is 5.91 Å². The van der Waals surface area contributed by atoms with Crippen LogP contribution in [0.25, 0.3) is 0 Å². The summed E-state index contributed by atoms with van der Waals surface area (Å²) < 4.78 is 18.2. The van der Waals surface area contributed by atoms with E-state index in [0.29, 0.717) is 12.1 Å². The smallest absolute Gasteiger partial charge is 0.222 e. The lowest BCUT2D eigenvalue weighted by atomic mass is 10.1. The number of rotatable bonds is 8. The van der Waals surface area contributed by atoms with Crippen molar-refractivity contribution in [1.29, 1.82) is 0 Å². The number of aryl methyl sites for hydroxylation is 1. The predicted molar refractivity (Wildman–Crippen MR) is 90.3 cm³/mol. The van der Waals surface area contributed by atoms with Gasteiger partial charge in [0, 0.05) is 6.54 Å². The van der Waals surface area contributed by atoms with Crippen LogP contribution in [0.2, 0.25) is 0 Å². The van der Waals surface area contributed by atoms with Gasteiger partial charge in [0.15, 0.2) is 0 Å². The van der Waals surface area contributed by atoms with E-state index in [0.717, 1.165) is 18.6 Å². The molecule has 5 heteroatoms. The van der Waals surface area contributed by atoms with Gasteiger partial charge in [-0.05, 0) is 48.2 Å². The van der Waals surface area contributed by atoms with Crippen LogP contribution in [0.15, 0.2) is 48.5 Å². The third-order valence-electron chi connectivity index (χ3n) is 3.74. The highest BCUT2D eigenvalue weighted by Gasteiger charge is 2.13. The van der Waals surface area contributed by atoms with E-state index < -0.39 is 11.9 Å². The first-order valence-corrected chi connectivity index (χ1v) is 7.91. The number of ether oxygens (including phenoxy) is 1. The molecule has 2 N–H and O–H groups in total. The Bertz CT molecular complexity index is 658. The maximum atomic E-state index is 13.1. The van der Waals surface area contributed by atoms with E-state index in [1.54, 1.807) is 13.2 Å². The SMILES string of the molecule is COc1ccc(CCCNC(=O)CC(O)c2cccc(F)c2)cc1. The second-order valence-corrected chi connectivity index (χ2v) is 5.58. The number of carbonyl (C=O) groups is 1. The average Bonchev–Trinajstić information content (AvgIpc) is 2.59. The number of methoxy groups -OCH3 is 1. The molecule has 0 aliphatic carbocycles. The summed E-state index contributed by atoms with van der Waals surface area (Å²) >= 11 is 0. The maximum absolute atomic E-state index is 13.1. The molecule has 2 aromatic carbocycles. The van der Waals surface area contributed by atoms with Crippen LogP contribution < -0.4 is 10.1 Å². The number of carbonyl (C=O) groups excluding carboxylic acids is 1. The second-order valence-electron chi connectivity index (χ2n) is 5.58. The van der Waals surface area contributed by atoms with Crippen LogP contribution in [0.4, 0.5) is 4.39 Å². The number of halogens is 1. The first kappa shape index (κ1) is 17.9. The molecular formula is C19H22FNO3. The van der Waals surface area contributed by atoms with Gasteiger partial charge in [-0.2, -0.15) is 0 Å². The molecule has 1 unspecified atom stereocenters. The molecule has 0 heterocycles. The Morgan fingerprint density at radius 2 is 2.00 bits per heavy atom. The Balaban J connectivity index is 1.69. The summed E-state index contributed by atoms with van der Waals surface area (Å²) in [5, 5.41) is 12.7. The lowest BCUT2D eigenvalue weighted by Gasteiger charge is -2.11. The van der Waals surface area contributed by atoms with Gasteiger partial charge in [-0.1, -0.05) is 24.3 Å². The van der Waals surface area contributed by atoms with Crippen LogP contribution in [-0.2, 0) is 11.2 Å². The summed E-state index contributed by atoms with van der Waals surface area (Å²) in [6, 6.07) is 13.5. The normalized spacial score (nSPS) is 11.8. The molecule has 0 aliphatic rings. The fraction of sp³-hybridized carbons (Fsp3) is 0.316. The van der Waals surface area contributed by atoms with Gasteiger partial charge >= 0.3 is 0 Å². The van der Waals surface area contributed by atoms with Gasteiger partial charge in [-0.25, -0.2) is 4.39 Å². The van der Waals surface area contributed by atoms with Crippen LogP contribution in [0.5, 0.6) is 5.75 Å². The van der Waals surface area contributed by atoms with Crippen molar-refractivity contribution in [2.24, 2.45) is 0 Å². The van der Waals surface area contributed by atoms with Crippen LogP contribution in [-0.4, -0.2) is 24.7 Å². The minimum atomic E-state index is -0.998. The number of hydrogen-bond acceptors (Lipinski definition) is 3. The Kier molecular flexibility index (Phi) is 6.75. The molecule has 2 aromatic rings. The monoisotopic (exact) mass is 331 g/mol. The van der Waals surface area contributed by atoms with E-state index in [2.05, 4.69) is 5.32 Å². The minimum absolute atomic E-state index is 0.0774. The largest absolute Gasteiger partial charge is 0.497 e. The topological polar surface area (TPSA) is 58.6 Å². The van der Waals surface area contributed by atoms with Crippen LogP contribution in [0.1, 0.15) is 30.1 Å². The van der Waals surface area contributed by atoms with Gasteiger partial charge in [0.25, 0.3) is 0 Å². The third kappa shape index (κ3) is 5.66. The average molecular weight is 331 g/mol. The standard InChI is InChI=1S/C19H22FNO3/c1-24-17-9-7-14(8-10-17)4-3-11-21-19(23)13-18(22)15-5-2-6-16(20)12-15/h2,5-10,12,18,22H,3-4,11,13H2,1H3,(H,21,23).